The fourth-order valence-corrected chi connectivity index (χ4v) is 2.17. The van der Waals surface area contributed by atoms with Crippen molar-refractivity contribution in [2.45, 2.75) is 31.6 Å². The molecule has 3 heteroatoms. The first-order valence-corrected chi connectivity index (χ1v) is 5.75. The second kappa shape index (κ2) is 5.43. The van der Waals surface area contributed by atoms with Gasteiger partial charge in [-0.25, -0.2) is 0 Å². The number of rotatable bonds is 3. The van der Waals surface area contributed by atoms with Crippen LogP contribution >= 0.6 is 0 Å². The van der Waals surface area contributed by atoms with E-state index in [9.17, 15) is 0 Å². The van der Waals surface area contributed by atoms with Crippen LogP contribution in [-0.4, -0.2) is 19.8 Å². The third-order valence-corrected chi connectivity index (χ3v) is 3.03. The van der Waals surface area contributed by atoms with Crippen LogP contribution in [0.2, 0.25) is 0 Å². The van der Waals surface area contributed by atoms with Gasteiger partial charge in [0.15, 0.2) is 0 Å². The van der Waals surface area contributed by atoms with Crippen molar-refractivity contribution in [2.24, 2.45) is 5.73 Å². The van der Waals surface area contributed by atoms with Gasteiger partial charge in [0.2, 0.25) is 0 Å². The van der Waals surface area contributed by atoms with Crippen LogP contribution in [-0.2, 0) is 16.1 Å². The minimum absolute atomic E-state index is 0.134. The standard InChI is InChI=1S/C13H19NO2/c1-15-9-10-4-2-3-5-12(10)13-8-11(14)6-7-16-13/h2-5,11,13H,6-9,14H2,1H3. The fourth-order valence-electron chi connectivity index (χ4n) is 2.17. The van der Waals surface area contributed by atoms with Gasteiger partial charge in [-0.15, -0.1) is 0 Å². The largest absolute Gasteiger partial charge is 0.380 e. The summed E-state index contributed by atoms with van der Waals surface area (Å²) in [6, 6.07) is 8.52. The Morgan fingerprint density at radius 2 is 2.25 bits per heavy atom. The van der Waals surface area contributed by atoms with Crippen molar-refractivity contribution in [1.29, 1.82) is 0 Å². The monoisotopic (exact) mass is 221 g/mol. The van der Waals surface area contributed by atoms with Gasteiger partial charge < -0.3 is 15.2 Å². The molecule has 1 aromatic carbocycles. The van der Waals surface area contributed by atoms with Crippen LogP contribution in [0, 0.1) is 0 Å². The highest BCUT2D eigenvalue weighted by Gasteiger charge is 2.22. The van der Waals surface area contributed by atoms with Crippen molar-refractivity contribution in [3.63, 3.8) is 0 Å². The zero-order valence-electron chi connectivity index (χ0n) is 9.69. The Balaban J connectivity index is 2.17. The molecule has 0 radical (unpaired) electrons. The van der Waals surface area contributed by atoms with E-state index in [4.69, 9.17) is 15.2 Å². The van der Waals surface area contributed by atoms with Crippen molar-refractivity contribution in [1.82, 2.24) is 0 Å². The van der Waals surface area contributed by atoms with Crippen LogP contribution in [0.4, 0.5) is 0 Å². The predicted molar refractivity (Wildman–Crippen MR) is 63.1 cm³/mol. The molecular weight excluding hydrogens is 202 g/mol. The summed E-state index contributed by atoms with van der Waals surface area (Å²) >= 11 is 0. The first-order valence-electron chi connectivity index (χ1n) is 5.75. The van der Waals surface area contributed by atoms with Gasteiger partial charge in [-0.1, -0.05) is 24.3 Å². The van der Waals surface area contributed by atoms with Crippen LogP contribution in [0.15, 0.2) is 24.3 Å². The molecular formula is C13H19NO2. The molecule has 3 nitrogen and oxygen atoms in total. The molecule has 1 aromatic rings. The molecule has 1 fully saturated rings. The molecule has 0 saturated carbocycles. The first kappa shape index (κ1) is 11.6. The second-order valence-corrected chi connectivity index (χ2v) is 4.28. The smallest absolute Gasteiger partial charge is 0.0843 e. The van der Waals surface area contributed by atoms with Crippen LogP contribution in [0.3, 0.4) is 0 Å². The van der Waals surface area contributed by atoms with Crippen LogP contribution in [0.5, 0.6) is 0 Å². The lowest BCUT2D eigenvalue weighted by Gasteiger charge is -2.28. The Labute approximate surface area is 96.5 Å². The molecule has 1 heterocycles. The maximum absolute atomic E-state index is 5.98. The molecule has 2 N–H and O–H groups in total. The molecule has 88 valence electrons. The first-order chi connectivity index (χ1) is 7.81. The van der Waals surface area contributed by atoms with Gasteiger partial charge in [0.05, 0.1) is 12.7 Å². The maximum Gasteiger partial charge on any atom is 0.0843 e. The highest BCUT2D eigenvalue weighted by molar-refractivity contribution is 5.29. The molecule has 0 amide bonds. The summed E-state index contributed by atoms with van der Waals surface area (Å²) in [6.45, 7) is 1.39. The third kappa shape index (κ3) is 2.61. The average Bonchev–Trinajstić information content (AvgIpc) is 2.30. The fraction of sp³-hybridized carbons (Fsp3) is 0.538. The Bertz CT molecular complexity index is 340. The molecule has 1 saturated heterocycles. The molecule has 16 heavy (non-hydrogen) atoms. The molecule has 1 aliphatic rings. The molecule has 1 aliphatic heterocycles. The van der Waals surface area contributed by atoms with E-state index < -0.39 is 0 Å². The van der Waals surface area contributed by atoms with E-state index in [1.165, 1.54) is 11.1 Å². The minimum Gasteiger partial charge on any atom is -0.380 e. The topological polar surface area (TPSA) is 44.5 Å². The van der Waals surface area contributed by atoms with Crippen molar-refractivity contribution in [2.75, 3.05) is 13.7 Å². The Hall–Kier alpha value is -0.900. The van der Waals surface area contributed by atoms with Crippen LogP contribution in [0.25, 0.3) is 0 Å². The predicted octanol–water partition coefficient (Wildman–Crippen LogP) is 2.01. The summed E-state index contributed by atoms with van der Waals surface area (Å²) < 4.78 is 11.0. The summed E-state index contributed by atoms with van der Waals surface area (Å²) in [5.41, 5.74) is 8.40. The Morgan fingerprint density at radius 3 is 3.00 bits per heavy atom. The van der Waals surface area contributed by atoms with Crippen molar-refractivity contribution in [3.05, 3.63) is 35.4 Å². The normalized spacial score (nSPS) is 25.6. The molecule has 0 aliphatic carbocycles. The van der Waals surface area contributed by atoms with Crippen molar-refractivity contribution < 1.29 is 9.47 Å². The van der Waals surface area contributed by atoms with Crippen molar-refractivity contribution >= 4 is 0 Å². The third-order valence-electron chi connectivity index (χ3n) is 3.03. The van der Waals surface area contributed by atoms with Gasteiger partial charge in [-0.05, 0) is 24.0 Å². The highest BCUT2D eigenvalue weighted by atomic mass is 16.5. The SMILES string of the molecule is COCc1ccccc1C1CC(N)CCO1. The van der Waals surface area contributed by atoms with Crippen LogP contribution < -0.4 is 5.73 Å². The quantitative estimate of drug-likeness (QED) is 0.849. The highest BCUT2D eigenvalue weighted by Crippen LogP contribution is 2.29. The maximum atomic E-state index is 5.98. The molecule has 2 rings (SSSR count). The number of hydrogen-bond donors (Lipinski definition) is 1. The van der Waals surface area contributed by atoms with Crippen molar-refractivity contribution in [3.8, 4) is 0 Å². The Kier molecular flexibility index (Phi) is 3.93. The van der Waals surface area contributed by atoms with Gasteiger partial charge in [0.1, 0.15) is 0 Å². The van der Waals surface area contributed by atoms with Gasteiger partial charge in [-0.3, -0.25) is 0 Å². The van der Waals surface area contributed by atoms with Crippen LogP contribution in [0.1, 0.15) is 30.1 Å². The van der Waals surface area contributed by atoms with Gasteiger partial charge in [0.25, 0.3) is 0 Å². The van der Waals surface area contributed by atoms with E-state index in [1.807, 2.05) is 12.1 Å². The van der Waals surface area contributed by atoms with E-state index in [1.54, 1.807) is 7.11 Å². The van der Waals surface area contributed by atoms with E-state index >= 15 is 0 Å². The van der Waals surface area contributed by atoms with E-state index in [-0.39, 0.29) is 12.1 Å². The summed E-state index contributed by atoms with van der Waals surface area (Å²) in [7, 11) is 1.71. The van der Waals surface area contributed by atoms with Gasteiger partial charge in [-0.2, -0.15) is 0 Å². The van der Waals surface area contributed by atoms with E-state index in [0.29, 0.717) is 6.61 Å². The molecule has 0 bridgehead atoms. The number of methoxy groups -OCH3 is 1. The van der Waals surface area contributed by atoms with E-state index in [0.717, 1.165) is 19.4 Å². The molecule has 2 unspecified atom stereocenters. The zero-order chi connectivity index (χ0) is 11.4. The second-order valence-electron chi connectivity index (χ2n) is 4.28. The summed E-state index contributed by atoms with van der Waals surface area (Å²) in [4.78, 5) is 0. The molecule has 0 spiro atoms. The average molecular weight is 221 g/mol. The summed E-state index contributed by atoms with van der Waals surface area (Å²) in [6.07, 6.45) is 2.00. The minimum atomic E-state index is 0.134. The lowest BCUT2D eigenvalue weighted by Crippen LogP contribution is -2.31. The lowest BCUT2D eigenvalue weighted by molar-refractivity contribution is 0.00530. The number of hydrogen-bond acceptors (Lipinski definition) is 3. The lowest BCUT2D eigenvalue weighted by atomic mass is 9.95. The number of benzene rings is 1. The summed E-state index contributed by atoms with van der Waals surface area (Å²) in [5, 5.41) is 0. The summed E-state index contributed by atoms with van der Waals surface area (Å²) in [5.74, 6) is 0. The van der Waals surface area contributed by atoms with E-state index in [2.05, 4.69) is 12.1 Å². The zero-order valence-corrected chi connectivity index (χ0v) is 9.69. The Morgan fingerprint density at radius 1 is 1.44 bits per heavy atom. The number of nitrogens with two attached hydrogens (primary N) is 1. The van der Waals surface area contributed by atoms with Gasteiger partial charge >= 0.3 is 0 Å². The number of ether oxygens (including phenoxy) is 2. The molecule has 0 aromatic heterocycles. The van der Waals surface area contributed by atoms with Gasteiger partial charge in [0, 0.05) is 19.8 Å². The molecule has 2 atom stereocenters.